The van der Waals surface area contributed by atoms with Gasteiger partial charge in [0.2, 0.25) is 0 Å². The van der Waals surface area contributed by atoms with Gasteiger partial charge in [0, 0.05) is 17.3 Å². The molecule has 0 aromatic carbocycles. The second-order valence-electron chi connectivity index (χ2n) is 2.96. The molecule has 3 heteroatoms. The smallest absolute Gasteiger partial charge is 0.134 e. The Labute approximate surface area is 83.4 Å². The largest absolute Gasteiger partial charge is 0.324 e. The topological polar surface area (TPSA) is 38.9 Å². The summed E-state index contributed by atoms with van der Waals surface area (Å²) in [6.45, 7) is 5.53. The van der Waals surface area contributed by atoms with Crippen LogP contribution in [0.2, 0.25) is 5.15 Å². The molecule has 0 saturated carbocycles. The molecule has 1 rings (SSSR count). The minimum Gasteiger partial charge on any atom is -0.324 e. The summed E-state index contributed by atoms with van der Waals surface area (Å²) in [4.78, 5) is 4.13. The maximum absolute atomic E-state index is 5.93. The van der Waals surface area contributed by atoms with Gasteiger partial charge in [0.25, 0.3) is 0 Å². The van der Waals surface area contributed by atoms with Crippen LogP contribution in [0.5, 0.6) is 0 Å². The Kier molecular flexibility index (Phi) is 3.46. The molecule has 13 heavy (non-hydrogen) atoms. The second-order valence-corrected chi connectivity index (χ2v) is 3.32. The van der Waals surface area contributed by atoms with Crippen molar-refractivity contribution in [1.29, 1.82) is 0 Å². The Morgan fingerprint density at radius 2 is 2.38 bits per heavy atom. The summed E-state index contributed by atoms with van der Waals surface area (Å²) in [5.74, 6) is 0. The molecule has 0 bridgehead atoms. The summed E-state index contributed by atoms with van der Waals surface area (Å²) in [6.07, 6.45) is 2.49. The first-order valence-electron chi connectivity index (χ1n) is 4.14. The Bertz CT molecular complexity index is 310. The van der Waals surface area contributed by atoms with Crippen molar-refractivity contribution in [2.75, 3.05) is 0 Å². The van der Waals surface area contributed by atoms with Gasteiger partial charge in [0.15, 0.2) is 0 Å². The molecule has 0 saturated heterocycles. The van der Waals surface area contributed by atoms with Gasteiger partial charge in [-0.1, -0.05) is 23.7 Å². The molecule has 1 atom stereocenters. The zero-order valence-electron chi connectivity index (χ0n) is 7.63. The quantitative estimate of drug-likeness (QED) is 0.596. The van der Waals surface area contributed by atoms with Gasteiger partial charge in [-0.2, -0.15) is 0 Å². The van der Waals surface area contributed by atoms with Crippen LogP contribution in [0.15, 0.2) is 24.8 Å². The van der Waals surface area contributed by atoms with Crippen LogP contribution in [0, 0.1) is 6.92 Å². The van der Waals surface area contributed by atoms with E-state index >= 15 is 0 Å². The zero-order chi connectivity index (χ0) is 9.84. The summed E-state index contributed by atoms with van der Waals surface area (Å²) >= 11 is 5.93. The number of aryl methyl sites for hydroxylation is 1. The lowest BCUT2D eigenvalue weighted by Crippen LogP contribution is -2.10. The maximum Gasteiger partial charge on any atom is 0.134 e. The second kappa shape index (κ2) is 4.40. The standard InChI is InChI=1S/C10H13ClN2/c1-3-4-9(12)8-6-5-7(2)13-10(8)11/h3,5-6,9H,1,4,12H2,2H3/t9-/m0/s1. The van der Waals surface area contributed by atoms with E-state index in [9.17, 15) is 0 Å². The van der Waals surface area contributed by atoms with Crippen LogP contribution in [0.25, 0.3) is 0 Å². The monoisotopic (exact) mass is 196 g/mol. The van der Waals surface area contributed by atoms with Gasteiger partial charge < -0.3 is 5.73 Å². The van der Waals surface area contributed by atoms with Crippen LogP contribution in [-0.2, 0) is 0 Å². The predicted molar refractivity (Wildman–Crippen MR) is 55.7 cm³/mol. The van der Waals surface area contributed by atoms with E-state index in [1.165, 1.54) is 0 Å². The molecular formula is C10H13ClN2. The van der Waals surface area contributed by atoms with Crippen LogP contribution in [0.4, 0.5) is 0 Å². The van der Waals surface area contributed by atoms with Crippen LogP contribution in [0.3, 0.4) is 0 Å². The first-order chi connectivity index (χ1) is 6.15. The van der Waals surface area contributed by atoms with Crippen molar-refractivity contribution in [1.82, 2.24) is 4.98 Å². The molecule has 70 valence electrons. The van der Waals surface area contributed by atoms with Gasteiger partial charge in [-0.3, -0.25) is 0 Å². The third-order valence-corrected chi connectivity index (χ3v) is 2.14. The highest BCUT2D eigenvalue weighted by Gasteiger charge is 2.09. The van der Waals surface area contributed by atoms with E-state index in [1.54, 1.807) is 6.08 Å². The molecule has 0 fully saturated rings. The van der Waals surface area contributed by atoms with Crippen molar-refractivity contribution in [3.05, 3.63) is 41.2 Å². The van der Waals surface area contributed by atoms with Crippen LogP contribution in [0.1, 0.15) is 23.7 Å². The molecule has 0 aliphatic rings. The molecule has 0 spiro atoms. The highest BCUT2D eigenvalue weighted by atomic mass is 35.5. The van der Waals surface area contributed by atoms with Crippen LogP contribution < -0.4 is 5.73 Å². The summed E-state index contributed by atoms with van der Waals surface area (Å²) in [6, 6.07) is 3.72. The number of pyridine rings is 1. The molecule has 0 radical (unpaired) electrons. The fourth-order valence-electron chi connectivity index (χ4n) is 1.12. The molecule has 0 aliphatic heterocycles. The van der Waals surface area contributed by atoms with E-state index in [4.69, 9.17) is 17.3 Å². The van der Waals surface area contributed by atoms with Crippen molar-refractivity contribution in [2.45, 2.75) is 19.4 Å². The van der Waals surface area contributed by atoms with Gasteiger partial charge in [-0.25, -0.2) is 4.98 Å². The molecule has 2 nitrogen and oxygen atoms in total. The van der Waals surface area contributed by atoms with Gasteiger partial charge in [-0.15, -0.1) is 6.58 Å². The Morgan fingerprint density at radius 3 is 2.92 bits per heavy atom. The van der Waals surface area contributed by atoms with Crippen molar-refractivity contribution < 1.29 is 0 Å². The highest BCUT2D eigenvalue weighted by Crippen LogP contribution is 2.21. The first kappa shape index (κ1) is 10.2. The van der Waals surface area contributed by atoms with Crippen molar-refractivity contribution in [2.24, 2.45) is 5.73 Å². The highest BCUT2D eigenvalue weighted by molar-refractivity contribution is 6.30. The van der Waals surface area contributed by atoms with Gasteiger partial charge in [-0.05, 0) is 19.4 Å². The van der Waals surface area contributed by atoms with Crippen molar-refractivity contribution in [3.8, 4) is 0 Å². The lowest BCUT2D eigenvalue weighted by atomic mass is 10.1. The minimum absolute atomic E-state index is 0.0990. The normalized spacial score (nSPS) is 12.5. The third kappa shape index (κ3) is 2.54. The van der Waals surface area contributed by atoms with E-state index in [0.29, 0.717) is 11.6 Å². The molecule has 2 N–H and O–H groups in total. The average Bonchev–Trinajstić information content (AvgIpc) is 2.04. The van der Waals surface area contributed by atoms with Gasteiger partial charge in [0.05, 0.1) is 0 Å². The van der Waals surface area contributed by atoms with E-state index in [0.717, 1.165) is 11.3 Å². The number of hydrogen-bond acceptors (Lipinski definition) is 2. The molecule has 0 aliphatic carbocycles. The Balaban J connectivity index is 2.94. The van der Waals surface area contributed by atoms with Crippen molar-refractivity contribution in [3.63, 3.8) is 0 Å². The van der Waals surface area contributed by atoms with Crippen molar-refractivity contribution >= 4 is 11.6 Å². The lowest BCUT2D eigenvalue weighted by Gasteiger charge is -2.10. The summed E-state index contributed by atoms with van der Waals surface area (Å²) in [7, 11) is 0. The number of nitrogens with zero attached hydrogens (tertiary/aromatic N) is 1. The third-order valence-electron chi connectivity index (χ3n) is 1.84. The fraction of sp³-hybridized carbons (Fsp3) is 0.300. The molecule has 1 aromatic rings. The Morgan fingerprint density at radius 1 is 1.69 bits per heavy atom. The minimum atomic E-state index is -0.0990. The zero-order valence-corrected chi connectivity index (χ0v) is 8.38. The first-order valence-corrected chi connectivity index (χ1v) is 4.52. The Hall–Kier alpha value is -0.860. The predicted octanol–water partition coefficient (Wildman–Crippen LogP) is 2.62. The fourth-order valence-corrected chi connectivity index (χ4v) is 1.46. The number of aromatic nitrogens is 1. The molecule has 0 amide bonds. The number of rotatable bonds is 3. The average molecular weight is 197 g/mol. The molecule has 0 unspecified atom stereocenters. The molecule has 1 heterocycles. The van der Waals surface area contributed by atoms with E-state index < -0.39 is 0 Å². The molecular weight excluding hydrogens is 184 g/mol. The van der Waals surface area contributed by atoms with Crippen LogP contribution in [-0.4, -0.2) is 4.98 Å². The SMILES string of the molecule is C=CC[C@H](N)c1ccc(C)nc1Cl. The van der Waals surface area contributed by atoms with Gasteiger partial charge >= 0.3 is 0 Å². The number of halogens is 1. The lowest BCUT2D eigenvalue weighted by molar-refractivity contribution is 0.737. The van der Waals surface area contributed by atoms with E-state index in [1.807, 2.05) is 19.1 Å². The summed E-state index contributed by atoms with van der Waals surface area (Å²) in [5, 5.41) is 0.495. The summed E-state index contributed by atoms with van der Waals surface area (Å²) < 4.78 is 0. The summed E-state index contributed by atoms with van der Waals surface area (Å²) in [5.41, 5.74) is 7.64. The number of nitrogens with two attached hydrogens (primary N) is 1. The van der Waals surface area contributed by atoms with Crippen LogP contribution >= 0.6 is 11.6 Å². The maximum atomic E-state index is 5.93. The van der Waals surface area contributed by atoms with E-state index in [2.05, 4.69) is 11.6 Å². The van der Waals surface area contributed by atoms with E-state index in [-0.39, 0.29) is 6.04 Å². The van der Waals surface area contributed by atoms with Gasteiger partial charge in [0.1, 0.15) is 5.15 Å². The molecule has 1 aromatic heterocycles. The number of hydrogen-bond donors (Lipinski definition) is 1.